The molecule has 2 aromatic rings. The normalized spacial score (nSPS) is 11.7. The molecule has 0 radical (unpaired) electrons. The Bertz CT molecular complexity index is 873. The van der Waals surface area contributed by atoms with Crippen LogP contribution >= 0.6 is 0 Å². The van der Waals surface area contributed by atoms with Crippen molar-refractivity contribution < 1.29 is 28.9 Å². The van der Waals surface area contributed by atoms with Crippen molar-refractivity contribution in [2.45, 2.75) is 39.7 Å². The minimum absolute atomic E-state index is 0.118. The zero-order valence-electron chi connectivity index (χ0n) is 20.9. The average Bonchev–Trinajstić information content (AvgIpc) is 2.85. The van der Waals surface area contributed by atoms with Gasteiger partial charge in [-0.15, -0.1) is 0 Å². The van der Waals surface area contributed by atoms with Crippen LogP contribution in [0.15, 0.2) is 54.6 Å². The van der Waals surface area contributed by atoms with Crippen molar-refractivity contribution >= 4 is 12.0 Å². The molecule has 2 rings (SSSR count). The summed E-state index contributed by atoms with van der Waals surface area (Å²) in [5.74, 6) is 0.857. The van der Waals surface area contributed by atoms with Crippen LogP contribution in [0.3, 0.4) is 0 Å². The number of urea groups is 1. The number of aliphatic carboxylic acids is 1. The number of carboxylic acids is 1. The molecule has 0 spiro atoms. The first-order chi connectivity index (χ1) is 16.9. The van der Waals surface area contributed by atoms with Gasteiger partial charge < -0.3 is 29.5 Å². The summed E-state index contributed by atoms with van der Waals surface area (Å²) in [5.41, 5.74) is 0.853. The zero-order valence-corrected chi connectivity index (χ0v) is 20.9. The lowest BCUT2D eigenvalue weighted by Crippen LogP contribution is -2.44. The van der Waals surface area contributed by atoms with Crippen LogP contribution in [-0.4, -0.2) is 67.6 Å². The molecule has 2 amide bonds. The van der Waals surface area contributed by atoms with E-state index in [0.717, 1.165) is 11.3 Å². The van der Waals surface area contributed by atoms with Crippen molar-refractivity contribution in [1.29, 1.82) is 0 Å². The molecule has 2 aromatic carbocycles. The SMILES string of the molecule is CCOC(Cc1ccc(OCCN(CCCOc2ccccc2)C(=O)NCC(C)C)cc1)C(=O)O. The van der Waals surface area contributed by atoms with E-state index in [1.165, 1.54) is 0 Å². The fraction of sp³-hybridized carbons (Fsp3) is 0.481. The number of benzene rings is 2. The Morgan fingerprint density at radius 1 is 0.943 bits per heavy atom. The van der Waals surface area contributed by atoms with Gasteiger partial charge in [0.25, 0.3) is 0 Å². The molecule has 0 saturated heterocycles. The topological polar surface area (TPSA) is 97.3 Å². The van der Waals surface area contributed by atoms with Gasteiger partial charge in [0.2, 0.25) is 0 Å². The average molecular weight is 487 g/mol. The zero-order chi connectivity index (χ0) is 25.5. The van der Waals surface area contributed by atoms with Crippen molar-refractivity contribution in [3.8, 4) is 11.5 Å². The number of ether oxygens (including phenoxy) is 3. The molecular weight excluding hydrogens is 448 g/mol. The molecule has 8 nitrogen and oxygen atoms in total. The second-order valence-electron chi connectivity index (χ2n) is 8.56. The van der Waals surface area contributed by atoms with Gasteiger partial charge in [0.1, 0.15) is 18.1 Å². The highest BCUT2D eigenvalue weighted by atomic mass is 16.5. The van der Waals surface area contributed by atoms with Gasteiger partial charge >= 0.3 is 12.0 Å². The molecule has 8 heteroatoms. The first-order valence-corrected chi connectivity index (χ1v) is 12.2. The molecule has 0 aliphatic rings. The number of carboxylic acid groups (broad SMARTS) is 1. The van der Waals surface area contributed by atoms with Crippen LogP contribution in [0.4, 0.5) is 4.79 Å². The number of carbonyl (C=O) groups excluding carboxylic acids is 1. The maximum Gasteiger partial charge on any atom is 0.333 e. The lowest BCUT2D eigenvalue weighted by Gasteiger charge is -2.24. The number of rotatable bonds is 16. The van der Waals surface area contributed by atoms with Gasteiger partial charge in [-0.05, 0) is 49.1 Å². The first kappa shape index (κ1) is 28.0. The molecule has 192 valence electrons. The summed E-state index contributed by atoms with van der Waals surface area (Å²) in [7, 11) is 0. The standard InChI is InChI=1S/C27H38N2O6/c1-4-33-25(26(30)31)19-22-11-13-24(14-12-22)35-18-16-29(27(32)28-20-21(2)3)15-8-17-34-23-9-6-5-7-10-23/h5-7,9-14,21,25H,4,8,15-20H2,1-3H3,(H,28,32)(H,30,31). The van der Waals surface area contributed by atoms with Gasteiger partial charge in [-0.3, -0.25) is 0 Å². The molecule has 0 aliphatic heterocycles. The third-order valence-corrected chi connectivity index (χ3v) is 5.15. The third-order valence-electron chi connectivity index (χ3n) is 5.15. The van der Waals surface area contributed by atoms with E-state index >= 15 is 0 Å². The monoisotopic (exact) mass is 486 g/mol. The van der Waals surface area contributed by atoms with E-state index in [0.29, 0.717) is 57.5 Å². The molecule has 0 heterocycles. The lowest BCUT2D eigenvalue weighted by atomic mass is 10.1. The highest BCUT2D eigenvalue weighted by Crippen LogP contribution is 2.15. The van der Waals surface area contributed by atoms with E-state index in [2.05, 4.69) is 19.2 Å². The number of nitrogens with one attached hydrogen (secondary N) is 1. The summed E-state index contributed by atoms with van der Waals surface area (Å²) in [4.78, 5) is 25.7. The summed E-state index contributed by atoms with van der Waals surface area (Å²) in [5, 5.41) is 12.2. The third kappa shape index (κ3) is 11.1. The van der Waals surface area contributed by atoms with Gasteiger partial charge in [0.05, 0.1) is 13.2 Å². The molecule has 35 heavy (non-hydrogen) atoms. The summed E-state index contributed by atoms with van der Waals surface area (Å²) < 4.78 is 16.9. The molecule has 0 saturated carbocycles. The molecule has 0 fully saturated rings. The molecule has 0 aliphatic carbocycles. The van der Waals surface area contributed by atoms with Gasteiger partial charge in [-0.2, -0.15) is 0 Å². The number of nitrogens with zero attached hydrogens (tertiary/aromatic N) is 1. The van der Waals surface area contributed by atoms with Crippen molar-refractivity contribution in [3.63, 3.8) is 0 Å². The predicted octanol–water partition coefficient (Wildman–Crippen LogP) is 4.23. The van der Waals surface area contributed by atoms with Crippen LogP contribution in [0.5, 0.6) is 11.5 Å². The van der Waals surface area contributed by atoms with Crippen molar-refractivity contribution in [2.24, 2.45) is 5.92 Å². The van der Waals surface area contributed by atoms with Crippen LogP contribution < -0.4 is 14.8 Å². The largest absolute Gasteiger partial charge is 0.494 e. The molecule has 0 bridgehead atoms. The van der Waals surface area contributed by atoms with Crippen molar-refractivity contribution in [3.05, 3.63) is 60.2 Å². The fourth-order valence-corrected chi connectivity index (χ4v) is 3.31. The minimum atomic E-state index is -0.975. The molecular formula is C27H38N2O6. The quantitative estimate of drug-likeness (QED) is 0.345. The van der Waals surface area contributed by atoms with Crippen LogP contribution in [0, 0.1) is 5.92 Å². The van der Waals surface area contributed by atoms with Crippen LogP contribution in [-0.2, 0) is 16.0 Å². The van der Waals surface area contributed by atoms with E-state index in [-0.39, 0.29) is 12.5 Å². The molecule has 1 unspecified atom stereocenters. The Balaban J connectivity index is 1.83. The maximum absolute atomic E-state index is 12.7. The highest BCUT2D eigenvalue weighted by molar-refractivity contribution is 5.74. The van der Waals surface area contributed by atoms with Gasteiger partial charge in [-0.25, -0.2) is 9.59 Å². The summed E-state index contributed by atoms with van der Waals surface area (Å²) >= 11 is 0. The van der Waals surface area contributed by atoms with Crippen LogP contribution in [0.1, 0.15) is 32.8 Å². The number of carbonyl (C=O) groups is 2. The van der Waals surface area contributed by atoms with Gasteiger partial charge in [0, 0.05) is 26.1 Å². The Hall–Kier alpha value is -3.26. The van der Waals surface area contributed by atoms with Crippen LogP contribution in [0.25, 0.3) is 0 Å². The van der Waals surface area contributed by atoms with Gasteiger partial charge in [-0.1, -0.05) is 44.2 Å². The Morgan fingerprint density at radius 2 is 1.60 bits per heavy atom. The maximum atomic E-state index is 12.7. The number of amides is 2. The number of para-hydroxylation sites is 1. The van der Waals surface area contributed by atoms with E-state index < -0.39 is 12.1 Å². The summed E-state index contributed by atoms with van der Waals surface area (Å²) in [6, 6.07) is 16.8. The fourth-order valence-electron chi connectivity index (χ4n) is 3.31. The summed E-state index contributed by atoms with van der Waals surface area (Å²) in [6.07, 6.45) is 0.122. The van der Waals surface area contributed by atoms with Crippen molar-refractivity contribution in [1.82, 2.24) is 10.2 Å². The molecule has 2 N–H and O–H groups in total. The van der Waals surface area contributed by atoms with E-state index in [9.17, 15) is 14.7 Å². The summed E-state index contributed by atoms with van der Waals surface area (Å²) in [6.45, 7) is 8.67. The van der Waals surface area contributed by atoms with E-state index in [1.807, 2.05) is 42.5 Å². The number of hydrogen-bond donors (Lipinski definition) is 2. The Kier molecular flexibility index (Phi) is 12.5. The molecule has 0 aromatic heterocycles. The highest BCUT2D eigenvalue weighted by Gasteiger charge is 2.18. The number of hydrogen-bond acceptors (Lipinski definition) is 5. The minimum Gasteiger partial charge on any atom is -0.494 e. The second kappa shape index (κ2) is 15.6. The molecule has 1 atom stereocenters. The Labute approximate surface area is 208 Å². The van der Waals surface area contributed by atoms with E-state index in [4.69, 9.17) is 14.2 Å². The lowest BCUT2D eigenvalue weighted by molar-refractivity contribution is -0.149. The predicted molar refractivity (Wildman–Crippen MR) is 135 cm³/mol. The van der Waals surface area contributed by atoms with E-state index in [1.54, 1.807) is 24.0 Å². The van der Waals surface area contributed by atoms with Crippen molar-refractivity contribution in [2.75, 3.05) is 39.5 Å². The Morgan fingerprint density at radius 3 is 2.23 bits per heavy atom. The van der Waals surface area contributed by atoms with Crippen LogP contribution in [0.2, 0.25) is 0 Å². The second-order valence-corrected chi connectivity index (χ2v) is 8.56. The van der Waals surface area contributed by atoms with Gasteiger partial charge in [0.15, 0.2) is 6.10 Å². The smallest absolute Gasteiger partial charge is 0.333 e. The first-order valence-electron chi connectivity index (χ1n) is 12.2.